The third kappa shape index (κ3) is 9.94. The molecule has 0 heterocycles. The van der Waals surface area contributed by atoms with Crippen LogP contribution in [-0.2, 0) is 0 Å². The largest absolute Gasteiger partial charge is 0.225 e. The standard InChI is InChI=1S/C3H9BBr3Si2/c1-8(2,3)4-9(5,6)7/h1-3H3. The zero-order chi connectivity index (χ0) is 7.71. The molecule has 0 unspecified atom stereocenters. The lowest BCUT2D eigenvalue weighted by Crippen LogP contribution is -2.41. The van der Waals surface area contributed by atoms with Crippen molar-refractivity contribution in [3.05, 3.63) is 0 Å². The summed E-state index contributed by atoms with van der Waals surface area (Å²) in [4.78, 5) is 0. The van der Waals surface area contributed by atoms with E-state index in [1.807, 2.05) is 0 Å². The topological polar surface area (TPSA) is 0 Å². The van der Waals surface area contributed by atoms with Gasteiger partial charge in [0.15, 0.2) is 0 Å². The van der Waals surface area contributed by atoms with Gasteiger partial charge < -0.3 is 0 Å². The van der Waals surface area contributed by atoms with Gasteiger partial charge in [0.25, 0.3) is 0 Å². The van der Waals surface area contributed by atoms with Gasteiger partial charge in [0.2, 0.25) is 3.80 Å². The molecular formula is C3H9BBr3Si2. The number of rotatable bonds is 2. The third-order valence-electron chi connectivity index (χ3n) is 0.597. The molecule has 0 spiro atoms. The average molecular weight is 352 g/mol. The predicted octanol–water partition coefficient (Wildman–Crippen LogP) is 3.15. The van der Waals surface area contributed by atoms with Crippen LogP contribution in [0.25, 0.3) is 0 Å². The van der Waals surface area contributed by atoms with Crippen molar-refractivity contribution in [1.82, 2.24) is 0 Å². The van der Waals surface area contributed by atoms with Crippen molar-refractivity contribution in [2.75, 3.05) is 0 Å². The van der Waals surface area contributed by atoms with Gasteiger partial charge in [-0.05, 0) is 0 Å². The monoisotopic (exact) mass is 349 g/mol. The van der Waals surface area contributed by atoms with E-state index in [1.165, 1.54) is 0 Å². The molecule has 0 aliphatic carbocycles. The van der Waals surface area contributed by atoms with Gasteiger partial charge in [0.1, 0.15) is 6.46 Å². The van der Waals surface area contributed by atoms with E-state index in [4.69, 9.17) is 0 Å². The van der Waals surface area contributed by atoms with Crippen LogP contribution in [0.4, 0.5) is 0 Å². The minimum Gasteiger partial charge on any atom is -0.107 e. The molecule has 0 amide bonds. The van der Waals surface area contributed by atoms with Crippen molar-refractivity contribution in [3.63, 3.8) is 0 Å². The SMILES string of the molecule is C[Si](C)(C)[B][Si](Br)(Br)Br. The van der Waals surface area contributed by atoms with E-state index in [-0.39, 0.29) is 0 Å². The quantitative estimate of drug-likeness (QED) is 0.529. The van der Waals surface area contributed by atoms with E-state index < -0.39 is 11.7 Å². The molecule has 0 nitrogen and oxygen atoms in total. The van der Waals surface area contributed by atoms with Crippen molar-refractivity contribution in [3.8, 4) is 0 Å². The van der Waals surface area contributed by atoms with Gasteiger partial charge in [0, 0.05) is 7.94 Å². The maximum Gasteiger partial charge on any atom is 0.225 e. The van der Waals surface area contributed by atoms with Gasteiger partial charge in [-0.25, -0.2) is 0 Å². The Kier molecular flexibility index (Phi) is 4.32. The lowest BCUT2D eigenvalue weighted by molar-refractivity contribution is 1.86. The van der Waals surface area contributed by atoms with E-state index in [0.29, 0.717) is 0 Å². The Hall–Kier alpha value is 1.94. The Morgan fingerprint density at radius 2 is 1.33 bits per heavy atom. The first-order valence-corrected chi connectivity index (χ1v) is 15.1. The fourth-order valence-corrected chi connectivity index (χ4v) is 23.0. The molecule has 0 saturated carbocycles. The van der Waals surface area contributed by atoms with E-state index in [0.717, 1.165) is 0 Å². The highest BCUT2D eigenvalue weighted by Gasteiger charge is 2.31. The zero-order valence-corrected chi connectivity index (χ0v) is 12.5. The maximum absolute atomic E-state index is 3.57. The normalized spacial score (nSPS) is 13.6. The van der Waals surface area contributed by atoms with Gasteiger partial charge in [-0.2, -0.15) is 0 Å². The van der Waals surface area contributed by atoms with Gasteiger partial charge >= 0.3 is 0 Å². The molecule has 0 fully saturated rings. The highest BCUT2D eigenvalue weighted by molar-refractivity contribution is 9.74. The smallest absolute Gasteiger partial charge is 0.107 e. The van der Waals surface area contributed by atoms with Crippen LogP contribution < -0.4 is 0 Å². The molecule has 0 N–H and O–H groups in total. The average Bonchev–Trinajstić information content (AvgIpc) is 1.14. The summed E-state index contributed by atoms with van der Waals surface area (Å²) in [6, 6.07) is 0. The van der Waals surface area contributed by atoms with Crippen molar-refractivity contribution in [2.45, 2.75) is 19.6 Å². The van der Waals surface area contributed by atoms with Gasteiger partial charge in [-0.15, -0.1) is 45.9 Å². The van der Waals surface area contributed by atoms with Crippen LogP contribution in [0.15, 0.2) is 0 Å². The lowest BCUT2D eigenvalue weighted by Gasteiger charge is -2.18. The highest BCUT2D eigenvalue weighted by atomic mass is 80.0. The lowest BCUT2D eigenvalue weighted by atomic mass is 10.7. The molecule has 0 aliphatic rings. The molecule has 0 aliphatic heterocycles. The molecule has 1 radical (unpaired) electrons. The summed E-state index contributed by atoms with van der Waals surface area (Å²) in [7, 11) is -0.997. The van der Waals surface area contributed by atoms with Crippen LogP contribution >= 0.6 is 45.9 Å². The van der Waals surface area contributed by atoms with Crippen molar-refractivity contribution < 1.29 is 0 Å². The minimum absolute atomic E-state index is 0.997. The fourth-order valence-electron chi connectivity index (χ4n) is 0.491. The molecule has 9 heavy (non-hydrogen) atoms. The first kappa shape index (κ1) is 10.9. The molecule has 0 bridgehead atoms. The van der Waals surface area contributed by atoms with E-state index in [9.17, 15) is 0 Å². The molecule has 0 atom stereocenters. The summed E-state index contributed by atoms with van der Waals surface area (Å²) in [5, 5.41) is 0. The van der Waals surface area contributed by atoms with Crippen LogP contribution in [0.5, 0.6) is 0 Å². The maximum atomic E-state index is 3.57. The van der Waals surface area contributed by atoms with E-state index >= 15 is 0 Å². The van der Waals surface area contributed by atoms with Crippen LogP contribution in [0.1, 0.15) is 0 Å². The van der Waals surface area contributed by atoms with Crippen LogP contribution in [-0.4, -0.2) is 18.2 Å². The van der Waals surface area contributed by atoms with Crippen LogP contribution in [0.3, 0.4) is 0 Å². The van der Waals surface area contributed by atoms with Crippen LogP contribution in [0, 0.1) is 0 Å². The Labute approximate surface area is 83.0 Å². The van der Waals surface area contributed by atoms with Gasteiger partial charge in [0.05, 0.1) is 0 Å². The Balaban J connectivity index is 3.75. The summed E-state index contributed by atoms with van der Waals surface area (Å²) in [5.74, 6) is 0. The predicted molar refractivity (Wildman–Crippen MR) is 61.6 cm³/mol. The van der Waals surface area contributed by atoms with Gasteiger partial charge in [-0.3, -0.25) is 0 Å². The second-order valence-electron chi connectivity index (χ2n) is 3.05. The second kappa shape index (κ2) is 3.56. The Morgan fingerprint density at radius 3 is 1.33 bits per heavy atom. The first-order chi connectivity index (χ1) is 3.71. The van der Waals surface area contributed by atoms with Crippen LogP contribution in [0.2, 0.25) is 19.6 Å². The summed E-state index contributed by atoms with van der Waals surface area (Å²) in [6.07, 6.45) is 0. The minimum atomic E-state index is -1.42. The molecule has 6 heteroatoms. The molecule has 0 saturated heterocycles. The van der Waals surface area contributed by atoms with E-state index in [2.05, 4.69) is 72.0 Å². The van der Waals surface area contributed by atoms with Crippen molar-refractivity contribution >= 4 is 64.1 Å². The van der Waals surface area contributed by atoms with Gasteiger partial charge in [-0.1, -0.05) is 19.6 Å². The molecule has 0 aromatic carbocycles. The highest BCUT2D eigenvalue weighted by Crippen LogP contribution is 2.28. The summed E-state index contributed by atoms with van der Waals surface area (Å²) in [5.41, 5.74) is 0. The zero-order valence-electron chi connectivity index (χ0n) is 5.71. The molecule has 0 aromatic heterocycles. The summed E-state index contributed by atoms with van der Waals surface area (Å²) < 4.78 is -1.42. The molecule has 0 aromatic rings. The Morgan fingerprint density at radius 1 is 1.00 bits per heavy atom. The molecule has 53 valence electrons. The van der Waals surface area contributed by atoms with Crippen molar-refractivity contribution in [1.29, 1.82) is 0 Å². The number of hydrogen-bond donors (Lipinski definition) is 0. The summed E-state index contributed by atoms with van der Waals surface area (Å²) >= 11 is 10.7. The molecular weight excluding hydrogens is 343 g/mol. The number of halogens is 3. The number of hydrogen-bond acceptors (Lipinski definition) is 0. The fraction of sp³-hybridized carbons (Fsp3) is 1.00. The van der Waals surface area contributed by atoms with Crippen molar-refractivity contribution in [2.24, 2.45) is 0 Å². The second-order valence-corrected chi connectivity index (χ2v) is 30.9. The third-order valence-corrected chi connectivity index (χ3v) is 11.6. The molecule has 0 rings (SSSR count). The van der Waals surface area contributed by atoms with E-state index in [1.54, 1.807) is 0 Å². The Bertz CT molecular complexity index is 82.2. The first-order valence-electron chi connectivity index (χ1n) is 2.64. The summed E-state index contributed by atoms with van der Waals surface area (Å²) in [6.45, 7) is 9.36.